The van der Waals surface area contributed by atoms with Crippen molar-refractivity contribution in [3.8, 4) is 0 Å². The standard InChI is InChI=1S/C16H15NO3/c18-16(19)9-3-4-10-11(6-9)20-15(17-10)14-12-7-1-2-8(5-7)13(12)14/h3-4,6-8,12-14H,1-2,5H2,(H,18,19). The smallest absolute Gasteiger partial charge is 0.335 e. The number of hydrogen-bond donors (Lipinski definition) is 1. The van der Waals surface area contributed by atoms with Crippen molar-refractivity contribution in [2.75, 3.05) is 0 Å². The number of carboxylic acid groups (broad SMARTS) is 1. The SMILES string of the molecule is O=C(O)c1ccc2nc(C3C4C5CCC(C5)C34)oc2c1. The molecule has 1 aromatic heterocycles. The second-order valence-corrected chi connectivity index (χ2v) is 6.55. The van der Waals surface area contributed by atoms with Crippen LogP contribution in [-0.4, -0.2) is 16.1 Å². The van der Waals surface area contributed by atoms with Crippen molar-refractivity contribution in [1.82, 2.24) is 4.98 Å². The molecule has 3 aliphatic carbocycles. The summed E-state index contributed by atoms with van der Waals surface area (Å²) in [6, 6.07) is 4.92. The summed E-state index contributed by atoms with van der Waals surface area (Å²) in [5, 5.41) is 9.02. The van der Waals surface area contributed by atoms with E-state index in [9.17, 15) is 4.79 Å². The lowest BCUT2D eigenvalue weighted by atomic mass is 10.0. The Kier molecular flexibility index (Phi) is 1.87. The van der Waals surface area contributed by atoms with Gasteiger partial charge < -0.3 is 9.52 Å². The fraction of sp³-hybridized carbons (Fsp3) is 0.500. The summed E-state index contributed by atoms with van der Waals surface area (Å²) in [7, 11) is 0. The third kappa shape index (κ3) is 1.27. The van der Waals surface area contributed by atoms with Gasteiger partial charge >= 0.3 is 5.97 Å². The molecule has 0 spiro atoms. The molecular weight excluding hydrogens is 254 g/mol. The van der Waals surface area contributed by atoms with E-state index in [1.165, 1.54) is 19.3 Å². The number of fused-ring (bicyclic) bond motifs is 6. The summed E-state index contributed by atoms with van der Waals surface area (Å²) in [5.74, 6) is 3.78. The van der Waals surface area contributed by atoms with Crippen molar-refractivity contribution in [2.45, 2.75) is 25.2 Å². The topological polar surface area (TPSA) is 63.3 Å². The normalized spacial score (nSPS) is 37.3. The maximum atomic E-state index is 11.0. The highest BCUT2D eigenvalue weighted by Crippen LogP contribution is 2.73. The van der Waals surface area contributed by atoms with Crippen LogP contribution in [-0.2, 0) is 0 Å². The largest absolute Gasteiger partial charge is 0.478 e. The van der Waals surface area contributed by atoms with Gasteiger partial charge in [0.15, 0.2) is 11.5 Å². The lowest BCUT2D eigenvalue weighted by Crippen LogP contribution is -1.97. The van der Waals surface area contributed by atoms with Gasteiger partial charge in [0, 0.05) is 5.92 Å². The van der Waals surface area contributed by atoms with Crippen LogP contribution in [0.1, 0.15) is 41.4 Å². The Balaban J connectivity index is 1.53. The average Bonchev–Trinajstić information content (AvgIpc) is 2.82. The van der Waals surface area contributed by atoms with Gasteiger partial charge in [0.1, 0.15) is 5.52 Å². The number of benzene rings is 1. The molecule has 0 saturated heterocycles. The average molecular weight is 269 g/mol. The van der Waals surface area contributed by atoms with E-state index in [0.29, 0.717) is 11.5 Å². The fourth-order valence-electron chi connectivity index (χ4n) is 4.87. The van der Waals surface area contributed by atoms with Gasteiger partial charge in [-0.15, -0.1) is 0 Å². The predicted octanol–water partition coefficient (Wildman–Crippen LogP) is 3.29. The van der Waals surface area contributed by atoms with Crippen LogP contribution < -0.4 is 0 Å². The van der Waals surface area contributed by atoms with Crippen LogP contribution in [0.15, 0.2) is 22.6 Å². The van der Waals surface area contributed by atoms with Crippen LogP contribution in [0.2, 0.25) is 0 Å². The molecule has 1 N–H and O–H groups in total. The van der Waals surface area contributed by atoms with Crippen LogP contribution in [0.5, 0.6) is 0 Å². The van der Waals surface area contributed by atoms with E-state index in [1.54, 1.807) is 18.2 Å². The van der Waals surface area contributed by atoms with Crippen molar-refractivity contribution in [3.63, 3.8) is 0 Å². The molecule has 2 aromatic rings. The number of aromatic carboxylic acids is 1. The van der Waals surface area contributed by atoms with Crippen molar-refractivity contribution in [1.29, 1.82) is 0 Å². The lowest BCUT2D eigenvalue weighted by Gasteiger charge is -2.04. The summed E-state index contributed by atoms with van der Waals surface area (Å²) < 4.78 is 5.87. The van der Waals surface area contributed by atoms with E-state index in [2.05, 4.69) is 4.98 Å². The van der Waals surface area contributed by atoms with E-state index >= 15 is 0 Å². The lowest BCUT2D eigenvalue weighted by molar-refractivity contribution is 0.0697. The Morgan fingerprint density at radius 3 is 2.70 bits per heavy atom. The molecule has 0 amide bonds. The Morgan fingerprint density at radius 1 is 1.25 bits per heavy atom. The number of carbonyl (C=O) groups is 1. The van der Waals surface area contributed by atoms with Crippen LogP contribution in [0.4, 0.5) is 0 Å². The van der Waals surface area contributed by atoms with Gasteiger partial charge in [0.2, 0.25) is 0 Å². The van der Waals surface area contributed by atoms with Gasteiger partial charge in [-0.3, -0.25) is 0 Å². The highest BCUT2D eigenvalue weighted by Gasteiger charge is 2.67. The molecule has 2 bridgehead atoms. The van der Waals surface area contributed by atoms with Crippen LogP contribution in [0.25, 0.3) is 11.1 Å². The molecule has 20 heavy (non-hydrogen) atoms. The molecule has 1 heterocycles. The molecule has 1 aromatic carbocycles. The number of nitrogens with zero attached hydrogens (tertiary/aromatic N) is 1. The first-order chi connectivity index (χ1) is 9.72. The molecular formula is C16H15NO3. The predicted molar refractivity (Wildman–Crippen MR) is 71.5 cm³/mol. The molecule has 0 radical (unpaired) electrons. The number of carboxylic acids is 1. The molecule has 4 heteroatoms. The number of rotatable bonds is 2. The van der Waals surface area contributed by atoms with Crippen LogP contribution in [0, 0.1) is 23.7 Å². The van der Waals surface area contributed by atoms with E-state index in [1.807, 2.05) is 0 Å². The minimum Gasteiger partial charge on any atom is -0.478 e. The van der Waals surface area contributed by atoms with E-state index in [0.717, 1.165) is 35.1 Å². The van der Waals surface area contributed by atoms with Crippen LogP contribution >= 0.6 is 0 Å². The third-order valence-corrected chi connectivity index (χ3v) is 5.67. The van der Waals surface area contributed by atoms with Gasteiger partial charge in [-0.1, -0.05) is 0 Å². The molecule has 4 nitrogen and oxygen atoms in total. The first-order valence-electron chi connectivity index (χ1n) is 7.36. The number of aromatic nitrogens is 1. The van der Waals surface area contributed by atoms with Gasteiger partial charge in [0.05, 0.1) is 5.56 Å². The first-order valence-corrected chi connectivity index (χ1v) is 7.36. The van der Waals surface area contributed by atoms with Gasteiger partial charge in [-0.25, -0.2) is 9.78 Å². The zero-order chi connectivity index (χ0) is 13.4. The van der Waals surface area contributed by atoms with Gasteiger partial charge in [-0.05, 0) is 61.1 Å². The highest BCUT2D eigenvalue weighted by molar-refractivity contribution is 5.91. The van der Waals surface area contributed by atoms with Crippen molar-refractivity contribution >= 4 is 17.1 Å². The Morgan fingerprint density at radius 2 is 2.00 bits per heavy atom. The maximum Gasteiger partial charge on any atom is 0.335 e. The van der Waals surface area contributed by atoms with Crippen molar-refractivity contribution in [3.05, 3.63) is 29.7 Å². The van der Waals surface area contributed by atoms with E-state index < -0.39 is 5.97 Å². The van der Waals surface area contributed by atoms with Crippen molar-refractivity contribution in [2.24, 2.45) is 23.7 Å². The molecule has 4 unspecified atom stereocenters. The quantitative estimate of drug-likeness (QED) is 0.908. The minimum absolute atomic E-state index is 0.260. The Labute approximate surface area is 115 Å². The minimum atomic E-state index is -0.925. The summed E-state index contributed by atoms with van der Waals surface area (Å²) in [5.41, 5.74) is 1.65. The molecule has 4 atom stereocenters. The molecule has 3 fully saturated rings. The Hall–Kier alpha value is -1.84. The van der Waals surface area contributed by atoms with Gasteiger partial charge in [0.25, 0.3) is 0 Å². The highest BCUT2D eigenvalue weighted by atomic mass is 16.4. The zero-order valence-electron chi connectivity index (χ0n) is 11.0. The molecule has 3 saturated carbocycles. The van der Waals surface area contributed by atoms with E-state index in [4.69, 9.17) is 9.52 Å². The fourth-order valence-corrected chi connectivity index (χ4v) is 4.87. The monoisotopic (exact) mass is 269 g/mol. The summed E-state index contributed by atoms with van der Waals surface area (Å²) >= 11 is 0. The number of oxazole rings is 1. The molecule has 3 aliphatic rings. The third-order valence-electron chi connectivity index (χ3n) is 5.67. The second-order valence-electron chi connectivity index (χ2n) is 6.55. The van der Waals surface area contributed by atoms with E-state index in [-0.39, 0.29) is 5.56 Å². The summed E-state index contributed by atoms with van der Waals surface area (Å²) in [4.78, 5) is 15.6. The second kappa shape index (κ2) is 3.43. The van der Waals surface area contributed by atoms with Gasteiger partial charge in [-0.2, -0.15) is 0 Å². The molecule has 5 rings (SSSR count). The summed E-state index contributed by atoms with van der Waals surface area (Å²) in [6.07, 6.45) is 4.17. The maximum absolute atomic E-state index is 11.0. The first kappa shape index (κ1) is 10.9. The molecule has 102 valence electrons. The summed E-state index contributed by atoms with van der Waals surface area (Å²) in [6.45, 7) is 0. The van der Waals surface area contributed by atoms with Crippen molar-refractivity contribution < 1.29 is 14.3 Å². The Bertz CT molecular complexity index is 718. The van der Waals surface area contributed by atoms with Crippen LogP contribution in [0.3, 0.4) is 0 Å². The molecule has 0 aliphatic heterocycles. The zero-order valence-corrected chi connectivity index (χ0v) is 11.0. The number of hydrogen-bond acceptors (Lipinski definition) is 3.